The Labute approximate surface area is 243 Å². The lowest BCUT2D eigenvalue weighted by molar-refractivity contribution is 0.0567. The molecule has 10 heteroatoms. The van der Waals surface area contributed by atoms with Gasteiger partial charge in [0.2, 0.25) is 0 Å². The van der Waals surface area contributed by atoms with E-state index >= 15 is 0 Å². The molecular formula is C31H46FN7O2. The van der Waals surface area contributed by atoms with Crippen LogP contribution in [0.5, 0.6) is 11.6 Å². The molecule has 2 N–H and O–H groups in total. The molecule has 3 fully saturated rings. The number of nitrogens with zero attached hydrogens (tertiary/aromatic N) is 6. The predicted octanol–water partition coefficient (Wildman–Crippen LogP) is 4.87. The molecule has 1 spiro atoms. The van der Waals surface area contributed by atoms with Crippen LogP contribution in [0, 0.1) is 17.2 Å². The van der Waals surface area contributed by atoms with Crippen LogP contribution >= 0.6 is 0 Å². The Morgan fingerprint density at radius 1 is 1.10 bits per heavy atom. The maximum atomic E-state index is 14.3. The first kappa shape index (κ1) is 29.6. The molecule has 1 aromatic heterocycles. The van der Waals surface area contributed by atoms with E-state index < -0.39 is 5.82 Å². The highest BCUT2D eigenvalue weighted by Gasteiger charge is 2.38. The topological polar surface area (TPSA) is 101 Å². The van der Waals surface area contributed by atoms with Gasteiger partial charge >= 0.3 is 0 Å². The number of carbonyl (C=O) groups excluding carboxylic acids is 1. The summed E-state index contributed by atoms with van der Waals surface area (Å²) in [6.07, 6.45) is 9.99. The van der Waals surface area contributed by atoms with Crippen molar-refractivity contribution in [1.29, 1.82) is 0 Å². The van der Waals surface area contributed by atoms with Gasteiger partial charge in [-0.05, 0) is 115 Å². The lowest BCUT2D eigenvalue weighted by Crippen LogP contribution is -2.45. The van der Waals surface area contributed by atoms with Crippen molar-refractivity contribution in [3.05, 3.63) is 35.9 Å². The van der Waals surface area contributed by atoms with E-state index in [0.717, 1.165) is 26.1 Å². The second-order valence-electron chi connectivity index (χ2n) is 13.0. The molecule has 0 unspecified atom stereocenters. The van der Waals surface area contributed by atoms with Crippen LogP contribution in [0.3, 0.4) is 0 Å². The number of likely N-dealkylation sites (tertiary alicyclic amines) is 1. The lowest BCUT2D eigenvalue weighted by atomic mass is 9.67. The molecule has 224 valence electrons. The summed E-state index contributed by atoms with van der Waals surface area (Å²) >= 11 is 0. The fraction of sp³-hybridized carbons (Fsp3) is 0.677. The summed E-state index contributed by atoms with van der Waals surface area (Å²) in [4.78, 5) is 24.6. The Morgan fingerprint density at radius 3 is 2.49 bits per heavy atom. The van der Waals surface area contributed by atoms with E-state index in [1.807, 2.05) is 27.7 Å². The summed E-state index contributed by atoms with van der Waals surface area (Å²) in [6, 6.07) is 4.30. The molecular weight excluding hydrogens is 521 g/mol. The molecule has 5 rings (SSSR count). The molecule has 2 aromatic rings. The molecule has 1 saturated carbocycles. The molecule has 2 saturated heterocycles. The molecule has 1 atom stereocenters. The standard InChI is InChI=1S/C31H46FN7O2/c1-21(2)39(22(3)4)30(40)26-17-24(32)5-6-27(26)41-29-28(34-20-35-36-29)38-14-9-23(19-38)18-37-15-12-31(13-16-37)10-7-25(33)8-11-31/h5-6,17,20-23,25H,7-16,18-19,33H2,1-4H3/t23-/m0/s1. The van der Waals surface area contributed by atoms with Gasteiger partial charge in [0.25, 0.3) is 11.8 Å². The van der Waals surface area contributed by atoms with Crippen molar-refractivity contribution < 1.29 is 13.9 Å². The highest BCUT2D eigenvalue weighted by atomic mass is 19.1. The highest BCUT2D eigenvalue weighted by Crippen LogP contribution is 2.44. The third-order valence-corrected chi connectivity index (χ3v) is 9.41. The van der Waals surface area contributed by atoms with Crippen LogP contribution in [0.15, 0.2) is 24.5 Å². The summed E-state index contributed by atoms with van der Waals surface area (Å²) in [7, 11) is 0. The Morgan fingerprint density at radius 2 is 1.80 bits per heavy atom. The van der Waals surface area contributed by atoms with E-state index in [9.17, 15) is 9.18 Å². The maximum absolute atomic E-state index is 14.3. The number of anilines is 1. The van der Waals surface area contributed by atoms with E-state index in [4.69, 9.17) is 10.5 Å². The van der Waals surface area contributed by atoms with Gasteiger partial charge in [-0.3, -0.25) is 4.79 Å². The molecule has 0 radical (unpaired) electrons. The first-order valence-corrected chi connectivity index (χ1v) is 15.3. The lowest BCUT2D eigenvalue weighted by Gasteiger charge is -2.46. The zero-order valence-corrected chi connectivity index (χ0v) is 25.1. The number of benzene rings is 1. The van der Waals surface area contributed by atoms with Crippen LogP contribution in [-0.4, -0.2) is 81.7 Å². The maximum Gasteiger partial charge on any atom is 0.282 e. The summed E-state index contributed by atoms with van der Waals surface area (Å²) in [5.74, 6) is 0.816. The summed E-state index contributed by atoms with van der Waals surface area (Å²) in [5, 5.41) is 8.19. The number of amides is 1. The number of aromatic nitrogens is 3. The number of halogens is 1. The van der Waals surface area contributed by atoms with Crippen molar-refractivity contribution in [3.8, 4) is 11.6 Å². The predicted molar refractivity (Wildman–Crippen MR) is 158 cm³/mol. The van der Waals surface area contributed by atoms with Gasteiger partial charge in [0.05, 0.1) is 5.56 Å². The van der Waals surface area contributed by atoms with Crippen molar-refractivity contribution in [3.63, 3.8) is 0 Å². The number of nitrogens with two attached hydrogens (primary N) is 1. The third-order valence-electron chi connectivity index (χ3n) is 9.41. The highest BCUT2D eigenvalue weighted by molar-refractivity contribution is 5.97. The number of piperidine rings is 1. The number of hydrogen-bond donors (Lipinski definition) is 1. The average molecular weight is 568 g/mol. The van der Waals surface area contributed by atoms with Crippen LogP contribution < -0.4 is 15.4 Å². The van der Waals surface area contributed by atoms with Gasteiger partial charge in [-0.2, -0.15) is 0 Å². The zero-order valence-electron chi connectivity index (χ0n) is 25.1. The Bertz CT molecular complexity index is 1180. The summed E-state index contributed by atoms with van der Waals surface area (Å²) < 4.78 is 20.5. The summed E-state index contributed by atoms with van der Waals surface area (Å²) in [5.41, 5.74) is 6.85. The van der Waals surface area contributed by atoms with Crippen LogP contribution in [0.25, 0.3) is 0 Å². The molecule has 9 nitrogen and oxygen atoms in total. The van der Waals surface area contributed by atoms with Crippen LogP contribution in [-0.2, 0) is 0 Å². The normalized spacial score (nSPS) is 21.7. The SMILES string of the molecule is CC(C)N(C(=O)c1cc(F)ccc1Oc1nncnc1N1CC[C@@H](CN2CCC3(CCC(N)CC3)CC2)C1)C(C)C. The van der Waals surface area contributed by atoms with Crippen molar-refractivity contribution in [2.24, 2.45) is 17.1 Å². The van der Waals surface area contributed by atoms with E-state index in [2.05, 4.69) is 25.0 Å². The Kier molecular flexibility index (Phi) is 9.09. The summed E-state index contributed by atoms with van der Waals surface area (Å²) in [6.45, 7) is 12.9. The van der Waals surface area contributed by atoms with Crippen LogP contribution in [0.1, 0.15) is 83.0 Å². The fourth-order valence-electron chi connectivity index (χ4n) is 7.11. The van der Waals surface area contributed by atoms with E-state index in [0.29, 0.717) is 23.2 Å². The number of rotatable bonds is 8. The molecule has 1 amide bonds. The average Bonchev–Trinajstić information content (AvgIpc) is 3.41. The van der Waals surface area contributed by atoms with Crippen molar-refractivity contribution in [2.45, 2.75) is 90.8 Å². The smallest absolute Gasteiger partial charge is 0.282 e. The molecule has 2 aliphatic heterocycles. The largest absolute Gasteiger partial charge is 0.434 e. The third kappa shape index (κ3) is 6.80. The van der Waals surface area contributed by atoms with E-state index in [1.165, 1.54) is 76.1 Å². The van der Waals surface area contributed by atoms with Gasteiger partial charge in [0, 0.05) is 37.8 Å². The van der Waals surface area contributed by atoms with Crippen molar-refractivity contribution >= 4 is 11.7 Å². The van der Waals surface area contributed by atoms with Crippen LogP contribution in [0.2, 0.25) is 0 Å². The van der Waals surface area contributed by atoms with Crippen LogP contribution in [0.4, 0.5) is 10.2 Å². The fourth-order valence-corrected chi connectivity index (χ4v) is 7.11. The van der Waals surface area contributed by atoms with Gasteiger partial charge in [-0.1, -0.05) is 0 Å². The monoisotopic (exact) mass is 567 g/mol. The zero-order chi connectivity index (χ0) is 29.1. The minimum absolute atomic E-state index is 0.0553. The first-order valence-electron chi connectivity index (χ1n) is 15.3. The molecule has 1 aliphatic carbocycles. The van der Waals surface area contributed by atoms with Gasteiger partial charge < -0.3 is 25.2 Å². The van der Waals surface area contributed by atoms with E-state index in [-0.39, 0.29) is 35.2 Å². The Hall–Kier alpha value is -2.85. The number of hydrogen-bond acceptors (Lipinski definition) is 8. The number of carbonyl (C=O) groups is 1. The quantitative estimate of drug-likeness (QED) is 0.482. The second-order valence-corrected chi connectivity index (χ2v) is 13.0. The second kappa shape index (κ2) is 12.6. The van der Waals surface area contributed by atoms with Gasteiger partial charge in [0.15, 0.2) is 5.82 Å². The minimum atomic E-state index is -0.497. The van der Waals surface area contributed by atoms with Crippen molar-refractivity contribution in [1.82, 2.24) is 25.0 Å². The molecule has 41 heavy (non-hydrogen) atoms. The minimum Gasteiger partial charge on any atom is -0.434 e. The van der Waals surface area contributed by atoms with Gasteiger partial charge in [-0.15, -0.1) is 10.2 Å². The molecule has 1 aromatic carbocycles. The van der Waals surface area contributed by atoms with E-state index in [1.54, 1.807) is 4.90 Å². The molecule has 3 aliphatic rings. The van der Waals surface area contributed by atoms with Gasteiger partial charge in [0.1, 0.15) is 17.9 Å². The Balaban J connectivity index is 1.24. The molecule has 3 heterocycles. The van der Waals surface area contributed by atoms with Gasteiger partial charge in [-0.25, -0.2) is 9.37 Å². The molecule has 0 bridgehead atoms. The first-order chi connectivity index (χ1) is 19.6. The van der Waals surface area contributed by atoms with Crippen molar-refractivity contribution in [2.75, 3.05) is 37.6 Å². The number of ether oxygens (including phenoxy) is 1.